The van der Waals surface area contributed by atoms with Gasteiger partial charge >= 0.3 is 0 Å². The number of hydrogen-bond acceptors (Lipinski definition) is 4. The summed E-state index contributed by atoms with van der Waals surface area (Å²) in [7, 11) is -1.84. The van der Waals surface area contributed by atoms with E-state index in [2.05, 4.69) is 10.3 Å². The maximum absolute atomic E-state index is 12.6. The van der Waals surface area contributed by atoms with Gasteiger partial charge in [0.2, 0.25) is 10.0 Å². The summed E-state index contributed by atoms with van der Waals surface area (Å²) in [4.78, 5) is 3.32. The second kappa shape index (κ2) is 6.26. The first-order valence-electron chi connectivity index (χ1n) is 6.94. The van der Waals surface area contributed by atoms with Crippen molar-refractivity contribution < 1.29 is 13.2 Å². The van der Waals surface area contributed by atoms with Gasteiger partial charge in [-0.15, -0.1) is 0 Å². The fourth-order valence-electron chi connectivity index (χ4n) is 2.47. The highest BCUT2D eigenvalue weighted by Gasteiger charge is 2.35. The molecule has 20 heavy (non-hydrogen) atoms. The molecule has 6 nitrogen and oxygen atoms in total. The van der Waals surface area contributed by atoms with E-state index < -0.39 is 10.0 Å². The van der Waals surface area contributed by atoms with Crippen molar-refractivity contribution in [1.82, 2.24) is 14.6 Å². The van der Waals surface area contributed by atoms with E-state index in [-0.39, 0.29) is 12.1 Å². The average Bonchev–Trinajstić information content (AvgIpc) is 3.04. The van der Waals surface area contributed by atoms with Crippen molar-refractivity contribution in [2.45, 2.75) is 43.9 Å². The molecule has 0 aliphatic carbocycles. The van der Waals surface area contributed by atoms with E-state index in [9.17, 15) is 8.42 Å². The summed E-state index contributed by atoms with van der Waals surface area (Å²) >= 11 is 0. The van der Waals surface area contributed by atoms with Gasteiger partial charge in [0, 0.05) is 32.1 Å². The normalized spacial score (nSPS) is 23.6. The first-order chi connectivity index (χ1) is 9.46. The molecule has 1 aliphatic rings. The second-order valence-electron chi connectivity index (χ2n) is 5.09. The molecule has 2 N–H and O–H groups in total. The Balaban J connectivity index is 2.15. The molecule has 0 saturated carbocycles. The highest BCUT2D eigenvalue weighted by atomic mass is 32.2. The minimum absolute atomic E-state index is 0.0602. The van der Waals surface area contributed by atoms with Crippen LogP contribution >= 0.6 is 0 Å². The van der Waals surface area contributed by atoms with Gasteiger partial charge in [0.1, 0.15) is 0 Å². The van der Waals surface area contributed by atoms with Gasteiger partial charge in [-0.1, -0.05) is 6.92 Å². The smallest absolute Gasteiger partial charge is 0.244 e. The van der Waals surface area contributed by atoms with Crippen molar-refractivity contribution in [3.63, 3.8) is 0 Å². The lowest BCUT2D eigenvalue weighted by molar-refractivity contribution is 0.102. The van der Waals surface area contributed by atoms with Crippen LogP contribution in [0.5, 0.6) is 0 Å². The van der Waals surface area contributed by atoms with Crippen LogP contribution in [0.3, 0.4) is 0 Å². The van der Waals surface area contributed by atoms with Crippen LogP contribution in [0, 0.1) is 0 Å². The minimum atomic E-state index is -3.47. The molecule has 0 aromatic carbocycles. The molecule has 0 spiro atoms. The number of sulfonamides is 1. The van der Waals surface area contributed by atoms with E-state index in [1.165, 1.54) is 4.31 Å². The van der Waals surface area contributed by atoms with Gasteiger partial charge in [-0.2, -0.15) is 4.31 Å². The Morgan fingerprint density at radius 2 is 2.30 bits per heavy atom. The lowest BCUT2D eigenvalue weighted by Crippen LogP contribution is -2.40. The Morgan fingerprint density at radius 3 is 2.90 bits per heavy atom. The predicted molar refractivity (Wildman–Crippen MR) is 76.9 cm³/mol. The summed E-state index contributed by atoms with van der Waals surface area (Å²) in [5, 5.41) is 3.16. The zero-order valence-corrected chi connectivity index (χ0v) is 13.0. The lowest BCUT2D eigenvalue weighted by atomic mass is 10.2. The summed E-state index contributed by atoms with van der Waals surface area (Å²) in [5.41, 5.74) is 0.870. The fraction of sp³-hybridized carbons (Fsp3) is 0.692. The van der Waals surface area contributed by atoms with Crippen LogP contribution in [0.1, 0.15) is 26.0 Å². The number of likely N-dealkylation sites (N-methyl/N-ethyl adjacent to an activating group) is 1. The number of aromatic nitrogens is 1. The topological polar surface area (TPSA) is 74.4 Å². The molecule has 2 heterocycles. The van der Waals surface area contributed by atoms with Crippen molar-refractivity contribution in [2.75, 3.05) is 20.2 Å². The molecule has 1 aromatic rings. The SMILES string of the molecule is CCNCc1cc(S(=O)(=O)N(C)C2CCOC2C)c[nH]1. The van der Waals surface area contributed by atoms with Crippen molar-refractivity contribution in [1.29, 1.82) is 0 Å². The zero-order chi connectivity index (χ0) is 14.8. The number of aromatic amines is 1. The molecule has 0 radical (unpaired) electrons. The Kier molecular flexibility index (Phi) is 4.85. The van der Waals surface area contributed by atoms with Gasteiger partial charge in [0.25, 0.3) is 0 Å². The third-order valence-corrected chi connectivity index (χ3v) is 5.62. The molecule has 1 aliphatic heterocycles. The van der Waals surface area contributed by atoms with Gasteiger partial charge in [-0.25, -0.2) is 8.42 Å². The Labute approximate surface area is 120 Å². The van der Waals surface area contributed by atoms with Crippen LogP contribution in [0.2, 0.25) is 0 Å². The van der Waals surface area contributed by atoms with E-state index in [0.29, 0.717) is 18.0 Å². The first-order valence-corrected chi connectivity index (χ1v) is 8.38. The number of ether oxygens (including phenoxy) is 1. The van der Waals surface area contributed by atoms with Crippen LogP contribution in [0.4, 0.5) is 0 Å². The summed E-state index contributed by atoms with van der Waals surface area (Å²) in [6, 6.07) is 1.60. The molecule has 0 bridgehead atoms. The summed E-state index contributed by atoms with van der Waals surface area (Å²) < 4.78 is 32.1. The van der Waals surface area contributed by atoms with Crippen LogP contribution in [0.15, 0.2) is 17.2 Å². The average molecular weight is 301 g/mol. The highest BCUT2D eigenvalue weighted by Crippen LogP contribution is 2.25. The van der Waals surface area contributed by atoms with E-state index in [1.807, 2.05) is 13.8 Å². The van der Waals surface area contributed by atoms with Crippen LogP contribution < -0.4 is 5.32 Å². The predicted octanol–water partition coefficient (Wildman–Crippen LogP) is 0.922. The van der Waals surface area contributed by atoms with E-state index in [0.717, 1.165) is 18.7 Å². The van der Waals surface area contributed by atoms with Gasteiger partial charge in [0.15, 0.2) is 0 Å². The van der Waals surface area contributed by atoms with Gasteiger partial charge in [-0.3, -0.25) is 0 Å². The second-order valence-corrected chi connectivity index (χ2v) is 7.09. The molecule has 1 fully saturated rings. The minimum Gasteiger partial charge on any atom is -0.377 e. The van der Waals surface area contributed by atoms with E-state index in [1.54, 1.807) is 19.3 Å². The maximum atomic E-state index is 12.6. The molecular formula is C13H23N3O3S. The van der Waals surface area contributed by atoms with Crippen LogP contribution in [-0.2, 0) is 21.3 Å². The maximum Gasteiger partial charge on any atom is 0.244 e. The Hall–Kier alpha value is -0.890. The quantitative estimate of drug-likeness (QED) is 0.819. The number of nitrogens with zero attached hydrogens (tertiary/aromatic N) is 1. The lowest BCUT2D eigenvalue weighted by Gasteiger charge is -2.25. The highest BCUT2D eigenvalue weighted by molar-refractivity contribution is 7.89. The number of H-pyrrole nitrogens is 1. The van der Waals surface area contributed by atoms with Crippen molar-refractivity contribution >= 4 is 10.0 Å². The molecule has 1 saturated heterocycles. The number of nitrogens with one attached hydrogen (secondary N) is 2. The molecule has 2 unspecified atom stereocenters. The van der Waals surface area contributed by atoms with Crippen molar-refractivity contribution in [3.05, 3.63) is 18.0 Å². The van der Waals surface area contributed by atoms with Gasteiger partial charge in [-0.05, 0) is 26.0 Å². The van der Waals surface area contributed by atoms with E-state index >= 15 is 0 Å². The molecule has 0 amide bonds. The first kappa shape index (κ1) is 15.5. The van der Waals surface area contributed by atoms with Crippen molar-refractivity contribution in [2.24, 2.45) is 0 Å². The standard InChI is InChI=1S/C13H23N3O3S/c1-4-14-8-11-7-12(9-15-11)20(17,18)16(3)13-5-6-19-10(13)2/h7,9-10,13-15H,4-6,8H2,1-3H3. The molecular weight excluding hydrogens is 278 g/mol. The van der Waals surface area contributed by atoms with E-state index in [4.69, 9.17) is 4.74 Å². The summed E-state index contributed by atoms with van der Waals surface area (Å²) in [6.45, 7) is 6.02. The summed E-state index contributed by atoms with van der Waals surface area (Å²) in [5.74, 6) is 0. The molecule has 2 rings (SSSR count). The molecule has 2 atom stereocenters. The molecule has 7 heteroatoms. The molecule has 114 valence electrons. The Bertz CT molecular complexity index is 541. The monoisotopic (exact) mass is 301 g/mol. The molecule has 1 aromatic heterocycles. The zero-order valence-electron chi connectivity index (χ0n) is 12.2. The summed E-state index contributed by atoms with van der Waals surface area (Å²) in [6.07, 6.45) is 2.24. The fourth-order valence-corrected chi connectivity index (χ4v) is 3.94. The van der Waals surface area contributed by atoms with Gasteiger partial charge < -0.3 is 15.0 Å². The van der Waals surface area contributed by atoms with Crippen LogP contribution in [-0.4, -0.2) is 50.1 Å². The number of rotatable bonds is 6. The van der Waals surface area contributed by atoms with Crippen LogP contribution in [0.25, 0.3) is 0 Å². The third-order valence-electron chi connectivity index (χ3n) is 3.76. The number of hydrogen-bond donors (Lipinski definition) is 2. The third kappa shape index (κ3) is 3.06. The largest absolute Gasteiger partial charge is 0.377 e. The van der Waals surface area contributed by atoms with Crippen molar-refractivity contribution in [3.8, 4) is 0 Å². The van der Waals surface area contributed by atoms with Gasteiger partial charge in [0.05, 0.1) is 17.0 Å². The Morgan fingerprint density at radius 1 is 1.55 bits per heavy atom.